The van der Waals surface area contributed by atoms with Gasteiger partial charge < -0.3 is 4.74 Å². The summed E-state index contributed by atoms with van der Waals surface area (Å²) < 4.78 is 6.79. The lowest BCUT2D eigenvalue weighted by Crippen LogP contribution is -2.71. The fraction of sp³-hybridized carbons (Fsp3) is 0.318. The summed E-state index contributed by atoms with van der Waals surface area (Å²) in [5.41, 5.74) is 2.00. The molecule has 1 aliphatic heterocycles. The van der Waals surface area contributed by atoms with E-state index in [2.05, 4.69) is 82.3 Å². The van der Waals surface area contributed by atoms with Crippen LogP contribution in [-0.4, -0.2) is 9.80 Å². The molecule has 0 N–H and O–H groups in total. The van der Waals surface area contributed by atoms with Crippen molar-refractivity contribution in [1.82, 2.24) is 0 Å². The smallest absolute Gasteiger partial charge is 0.178 e. The maximum atomic E-state index is 6.79. The third kappa shape index (κ3) is 2.12. The first kappa shape index (κ1) is 16.9. The predicted molar refractivity (Wildman–Crippen MR) is 111 cm³/mol. The second-order valence-corrected chi connectivity index (χ2v) is 9.39. The molecule has 0 radical (unpaired) electrons. The van der Waals surface area contributed by atoms with Gasteiger partial charge in [0.05, 0.1) is 4.91 Å². The van der Waals surface area contributed by atoms with Crippen LogP contribution >= 0.6 is 24.0 Å². The molecule has 2 aromatic rings. The van der Waals surface area contributed by atoms with Gasteiger partial charge in [-0.25, -0.2) is 0 Å². The maximum absolute atomic E-state index is 6.79. The SMILES string of the molecule is CC1(C)C(=S)C(C)(C)C12OC(c1ccccc1)=C(c1ccccc1)S2. The van der Waals surface area contributed by atoms with Crippen LogP contribution in [0, 0.1) is 10.8 Å². The van der Waals surface area contributed by atoms with Crippen LogP contribution in [0.15, 0.2) is 60.7 Å². The molecule has 0 unspecified atom stereocenters. The van der Waals surface area contributed by atoms with Crippen LogP contribution in [0.25, 0.3) is 10.7 Å². The average molecular weight is 367 g/mol. The lowest BCUT2D eigenvalue weighted by atomic mass is 9.52. The molecule has 0 aromatic heterocycles. The summed E-state index contributed by atoms with van der Waals surface area (Å²) in [7, 11) is 0. The van der Waals surface area contributed by atoms with E-state index in [0.717, 1.165) is 16.2 Å². The lowest BCUT2D eigenvalue weighted by molar-refractivity contribution is -0.0532. The largest absolute Gasteiger partial charge is 0.473 e. The zero-order chi connectivity index (χ0) is 17.9. The van der Waals surface area contributed by atoms with Crippen molar-refractivity contribution in [3.8, 4) is 0 Å². The number of benzene rings is 2. The summed E-state index contributed by atoms with van der Waals surface area (Å²) in [4.78, 5) is 1.93. The van der Waals surface area contributed by atoms with Gasteiger partial charge in [-0.05, 0) is 5.56 Å². The van der Waals surface area contributed by atoms with Gasteiger partial charge in [-0.3, -0.25) is 0 Å². The van der Waals surface area contributed by atoms with Gasteiger partial charge in [-0.15, -0.1) is 0 Å². The Morgan fingerprint density at radius 1 is 0.760 bits per heavy atom. The van der Waals surface area contributed by atoms with Gasteiger partial charge in [0.25, 0.3) is 0 Å². The minimum absolute atomic E-state index is 0.160. The fourth-order valence-corrected chi connectivity index (χ4v) is 6.32. The van der Waals surface area contributed by atoms with Gasteiger partial charge >= 0.3 is 0 Å². The number of hydrogen-bond donors (Lipinski definition) is 0. The summed E-state index contributed by atoms with van der Waals surface area (Å²) in [5, 5.41) is 0. The van der Waals surface area contributed by atoms with Crippen molar-refractivity contribution in [3.63, 3.8) is 0 Å². The van der Waals surface area contributed by atoms with Crippen LogP contribution in [-0.2, 0) is 4.74 Å². The minimum Gasteiger partial charge on any atom is -0.473 e. The van der Waals surface area contributed by atoms with E-state index in [4.69, 9.17) is 17.0 Å². The van der Waals surface area contributed by atoms with Gasteiger partial charge in [0.2, 0.25) is 0 Å². The Kier molecular flexibility index (Phi) is 3.68. The van der Waals surface area contributed by atoms with Crippen LogP contribution in [0.1, 0.15) is 38.8 Å². The number of rotatable bonds is 2. The van der Waals surface area contributed by atoms with E-state index in [0.29, 0.717) is 0 Å². The average Bonchev–Trinajstić information content (AvgIpc) is 3.06. The van der Waals surface area contributed by atoms with Gasteiger partial charge in [0.1, 0.15) is 5.76 Å². The van der Waals surface area contributed by atoms with Crippen molar-refractivity contribution >= 4 is 39.5 Å². The van der Waals surface area contributed by atoms with Gasteiger partial charge in [0, 0.05) is 21.3 Å². The molecule has 0 atom stereocenters. The third-order valence-corrected chi connectivity index (χ3v) is 8.59. The first-order valence-electron chi connectivity index (χ1n) is 8.59. The minimum atomic E-state index is -0.368. The molecule has 1 aliphatic carbocycles. The Bertz CT molecular complexity index is 792. The summed E-state index contributed by atoms with van der Waals surface area (Å²) >= 11 is 7.61. The molecule has 0 saturated heterocycles. The first-order chi connectivity index (χ1) is 11.8. The second kappa shape index (κ2) is 5.46. The summed E-state index contributed by atoms with van der Waals surface area (Å²) in [6.45, 7) is 8.85. The van der Waals surface area contributed by atoms with E-state index in [1.165, 1.54) is 10.5 Å². The highest BCUT2D eigenvalue weighted by Crippen LogP contribution is 2.73. The zero-order valence-corrected chi connectivity index (χ0v) is 16.6. The van der Waals surface area contributed by atoms with Crippen molar-refractivity contribution in [1.29, 1.82) is 0 Å². The van der Waals surface area contributed by atoms with E-state index >= 15 is 0 Å². The predicted octanol–water partition coefficient (Wildman–Crippen LogP) is 6.41. The van der Waals surface area contributed by atoms with Crippen molar-refractivity contribution in [2.24, 2.45) is 10.8 Å². The van der Waals surface area contributed by atoms with Crippen LogP contribution in [0.5, 0.6) is 0 Å². The number of ether oxygens (including phenoxy) is 1. The molecular weight excluding hydrogens is 344 g/mol. The maximum Gasteiger partial charge on any atom is 0.178 e. The molecule has 3 heteroatoms. The van der Waals surface area contributed by atoms with E-state index in [-0.39, 0.29) is 15.8 Å². The van der Waals surface area contributed by atoms with Crippen LogP contribution in [0.3, 0.4) is 0 Å². The van der Waals surface area contributed by atoms with Crippen LogP contribution < -0.4 is 0 Å². The number of hydrogen-bond acceptors (Lipinski definition) is 3. The van der Waals surface area contributed by atoms with Gasteiger partial charge in [0.15, 0.2) is 4.93 Å². The van der Waals surface area contributed by atoms with Crippen LogP contribution in [0.2, 0.25) is 0 Å². The highest BCUT2D eigenvalue weighted by molar-refractivity contribution is 8.10. The molecule has 2 aromatic carbocycles. The molecule has 4 rings (SSSR count). The highest BCUT2D eigenvalue weighted by atomic mass is 32.2. The van der Waals surface area contributed by atoms with Crippen molar-refractivity contribution in [2.75, 3.05) is 0 Å². The Morgan fingerprint density at radius 3 is 1.76 bits per heavy atom. The number of thioether (sulfide) groups is 1. The molecule has 1 heterocycles. The Balaban J connectivity index is 1.88. The van der Waals surface area contributed by atoms with Gasteiger partial charge in [-0.1, -0.05) is 112 Å². The van der Waals surface area contributed by atoms with E-state index in [1.54, 1.807) is 0 Å². The highest BCUT2D eigenvalue weighted by Gasteiger charge is 2.74. The molecule has 1 spiro atoms. The Morgan fingerprint density at radius 2 is 1.24 bits per heavy atom. The van der Waals surface area contributed by atoms with Gasteiger partial charge in [-0.2, -0.15) is 0 Å². The van der Waals surface area contributed by atoms with E-state index < -0.39 is 0 Å². The molecule has 0 bridgehead atoms. The molecule has 1 saturated carbocycles. The van der Waals surface area contributed by atoms with E-state index in [9.17, 15) is 0 Å². The normalized spacial score (nSPS) is 22.6. The molecule has 25 heavy (non-hydrogen) atoms. The van der Waals surface area contributed by atoms with Crippen LogP contribution in [0.4, 0.5) is 0 Å². The molecule has 0 amide bonds. The molecular formula is C22H22OS2. The monoisotopic (exact) mass is 366 g/mol. The third-order valence-electron chi connectivity index (χ3n) is 5.55. The topological polar surface area (TPSA) is 9.23 Å². The molecule has 1 fully saturated rings. The quantitative estimate of drug-likeness (QED) is 0.569. The standard InChI is InChI=1S/C22H22OS2/c1-20(2)19(24)21(3,4)22(20)23-17(15-11-7-5-8-12-15)18(25-22)16-13-9-6-10-14-16/h5-14H,1-4H3. The summed E-state index contributed by atoms with van der Waals surface area (Å²) in [6.07, 6.45) is 0. The Hall–Kier alpha value is -1.58. The fourth-order valence-electron chi connectivity index (χ4n) is 4.27. The lowest BCUT2D eigenvalue weighted by Gasteiger charge is -2.64. The van der Waals surface area contributed by atoms with Crippen molar-refractivity contribution in [2.45, 2.75) is 32.6 Å². The van der Waals surface area contributed by atoms with Crippen molar-refractivity contribution < 1.29 is 4.74 Å². The van der Waals surface area contributed by atoms with Crippen molar-refractivity contribution in [3.05, 3.63) is 71.8 Å². The Labute approximate surface area is 159 Å². The second-order valence-electron chi connectivity index (χ2n) is 7.79. The summed E-state index contributed by atoms with van der Waals surface area (Å²) in [5.74, 6) is 0.973. The number of thiocarbonyl (C=S) groups is 1. The molecule has 1 nitrogen and oxygen atoms in total. The van der Waals surface area contributed by atoms with E-state index in [1.807, 2.05) is 17.8 Å². The molecule has 128 valence electrons. The first-order valence-corrected chi connectivity index (χ1v) is 9.82. The molecule has 2 aliphatic rings. The summed E-state index contributed by atoms with van der Waals surface area (Å²) in [6, 6.07) is 20.9. The zero-order valence-electron chi connectivity index (χ0n) is 15.0.